The molecule has 0 radical (unpaired) electrons. The number of carbonyl (C=O) groups excluding carboxylic acids is 3. The van der Waals surface area contributed by atoms with Crippen molar-refractivity contribution in [1.82, 2.24) is 0 Å². The first kappa shape index (κ1) is 56.1. The monoisotopic (exact) mass is 825 g/mol. The number of unbranched alkanes of at least 4 members (excludes halogenated alkanes) is 23. The number of esters is 3. The van der Waals surface area contributed by atoms with Gasteiger partial charge in [0.2, 0.25) is 0 Å². The minimum Gasteiger partial charge on any atom is -0.462 e. The van der Waals surface area contributed by atoms with Crippen molar-refractivity contribution in [3.8, 4) is 0 Å². The molecular formula is C53H92O6. The molecule has 0 spiro atoms. The van der Waals surface area contributed by atoms with Crippen molar-refractivity contribution in [2.24, 2.45) is 0 Å². The van der Waals surface area contributed by atoms with Crippen molar-refractivity contribution in [3.63, 3.8) is 0 Å². The topological polar surface area (TPSA) is 78.9 Å². The van der Waals surface area contributed by atoms with Gasteiger partial charge >= 0.3 is 17.9 Å². The van der Waals surface area contributed by atoms with E-state index < -0.39 is 6.10 Å². The fraction of sp³-hybridized carbons (Fsp3) is 0.755. The lowest BCUT2D eigenvalue weighted by atomic mass is 10.1. The number of ether oxygens (including phenoxy) is 3. The Morgan fingerprint density at radius 2 is 0.678 bits per heavy atom. The smallest absolute Gasteiger partial charge is 0.306 e. The number of hydrogen-bond acceptors (Lipinski definition) is 6. The summed E-state index contributed by atoms with van der Waals surface area (Å²) in [6.07, 6.45) is 57.7. The molecule has 6 nitrogen and oxygen atoms in total. The molecule has 1 atom stereocenters. The molecule has 59 heavy (non-hydrogen) atoms. The van der Waals surface area contributed by atoms with Crippen LogP contribution in [0, 0.1) is 0 Å². The van der Waals surface area contributed by atoms with E-state index in [1.54, 1.807) is 0 Å². The lowest BCUT2D eigenvalue weighted by Crippen LogP contribution is -2.30. The summed E-state index contributed by atoms with van der Waals surface area (Å²) < 4.78 is 16.7. The van der Waals surface area contributed by atoms with E-state index in [0.717, 1.165) is 109 Å². The number of hydrogen-bond donors (Lipinski definition) is 0. The Hall–Kier alpha value is -2.89. The lowest BCUT2D eigenvalue weighted by molar-refractivity contribution is -0.167. The predicted octanol–water partition coefficient (Wildman–Crippen LogP) is 16.1. The molecule has 0 saturated heterocycles. The highest BCUT2D eigenvalue weighted by Gasteiger charge is 2.19. The summed E-state index contributed by atoms with van der Waals surface area (Å²) in [6, 6.07) is 0. The number of allylic oxidation sites excluding steroid dienone is 10. The van der Waals surface area contributed by atoms with Gasteiger partial charge in [0.15, 0.2) is 6.10 Å². The molecule has 0 saturated carbocycles. The van der Waals surface area contributed by atoms with Gasteiger partial charge in [-0.25, -0.2) is 0 Å². The maximum absolute atomic E-state index is 12.7. The first-order valence-electron chi connectivity index (χ1n) is 24.8. The van der Waals surface area contributed by atoms with Gasteiger partial charge in [-0.1, -0.05) is 184 Å². The average Bonchev–Trinajstić information content (AvgIpc) is 3.23. The van der Waals surface area contributed by atoms with Gasteiger partial charge in [0.1, 0.15) is 13.2 Å². The van der Waals surface area contributed by atoms with Crippen LogP contribution in [0.15, 0.2) is 60.8 Å². The Labute approximate surface area is 364 Å². The molecule has 0 amide bonds. The summed E-state index contributed by atoms with van der Waals surface area (Å²) in [5, 5.41) is 0. The van der Waals surface area contributed by atoms with E-state index in [2.05, 4.69) is 81.5 Å². The van der Waals surface area contributed by atoms with Gasteiger partial charge in [0.05, 0.1) is 0 Å². The second kappa shape index (κ2) is 47.8. The fourth-order valence-corrected chi connectivity index (χ4v) is 6.73. The summed E-state index contributed by atoms with van der Waals surface area (Å²) in [4.78, 5) is 37.9. The quantitative estimate of drug-likeness (QED) is 0.0263. The van der Waals surface area contributed by atoms with E-state index in [9.17, 15) is 14.4 Å². The normalized spacial score (nSPS) is 12.5. The van der Waals surface area contributed by atoms with Crippen molar-refractivity contribution in [2.75, 3.05) is 13.2 Å². The van der Waals surface area contributed by atoms with Gasteiger partial charge < -0.3 is 14.2 Å². The third-order valence-corrected chi connectivity index (χ3v) is 10.5. The van der Waals surface area contributed by atoms with Crippen LogP contribution in [0.25, 0.3) is 0 Å². The first-order chi connectivity index (χ1) is 29.0. The molecule has 340 valence electrons. The van der Waals surface area contributed by atoms with Crippen molar-refractivity contribution < 1.29 is 28.6 Å². The van der Waals surface area contributed by atoms with Crippen LogP contribution in [0.4, 0.5) is 0 Å². The van der Waals surface area contributed by atoms with Crippen LogP contribution in [0.3, 0.4) is 0 Å². The largest absolute Gasteiger partial charge is 0.462 e. The third kappa shape index (κ3) is 46.0. The van der Waals surface area contributed by atoms with Gasteiger partial charge in [0.25, 0.3) is 0 Å². The Balaban J connectivity index is 4.39. The highest BCUT2D eigenvalue weighted by atomic mass is 16.6. The van der Waals surface area contributed by atoms with E-state index in [-0.39, 0.29) is 31.1 Å². The SMILES string of the molecule is CC/C=C\C/C=C\C/C=C\CCCCCCCC(=O)OC[C@H](COC(=O)CCCCCCCCC/C=C\CCCCCC)OC(=O)CCCCCCC/C=C\CCCC. The Morgan fingerprint density at radius 3 is 1.10 bits per heavy atom. The summed E-state index contributed by atoms with van der Waals surface area (Å²) in [5.41, 5.74) is 0. The highest BCUT2D eigenvalue weighted by molar-refractivity contribution is 5.71. The van der Waals surface area contributed by atoms with Gasteiger partial charge in [-0.3, -0.25) is 14.4 Å². The number of carbonyl (C=O) groups is 3. The van der Waals surface area contributed by atoms with Crippen molar-refractivity contribution in [3.05, 3.63) is 60.8 Å². The van der Waals surface area contributed by atoms with Crippen LogP contribution in [0.2, 0.25) is 0 Å². The van der Waals surface area contributed by atoms with Gasteiger partial charge in [-0.2, -0.15) is 0 Å². The van der Waals surface area contributed by atoms with E-state index in [1.165, 1.54) is 89.9 Å². The van der Waals surface area contributed by atoms with Crippen LogP contribution in [-0.2, 0) is 28.6 Å². The molecular weight excluding hydrogens is 733 g/mol. The molecule has 0 N–H and O–H groups in total. The zero-order valence-electron chi connectivity index (χ0n) is 38.8. The van der Waals surface area contributed by atoms with Crippen LogP contribution in [0.5, 0.6) is 0 Å². The van der Waals surface area contributed by atoms with E-state index in [4.69, 9.17) is 14.2 Å². The molecule has 0 aliphatic rings. The highest BCUT2D eigenvalue weighted by Crippen LogP contribution is 2.14. The van der Waals surface area contributed by atoms with Crippen molar-refractivity contribution in [2.45, 2.75) is 245 Å². The molecule has 0 aliphatic carbocycles. The molecule has 0 heterocycles. The maximum atomic E-state index is 12.7. The van der Waals surface area contributed by atoms with Crippen LogP contribution in [0.1, 0.15) is 239 Å². The second-order valence-electron chi connectivity index (χ2n) is 16.3. The molecule has 0 bridgehead atoms. The van der Waals surface area contributed by atoms with Crippen LogP contribution < -0.4 is 0 Å². The van der Waals surface area contributed by atoms with E-state index in [0.29, 0.717) is 19.3 Å². The molecule has 0 aromatic carbocycles. The van der Waals surface area contributed by atoms with E-state index >= 15 is 0 Å². The first-order valence-corrected chi connectivity index (χ1v) is 24.8. The van der Waals surface area contributed by atoms with Gasteiger partial charge in [0, 0.05) is 19.3 Å². The molecule has 6 heteroatoms. The van der Waals surface area contributed by atoms with Crippen molar-refractivity contribution in [1.29, 1.82) is 0 Å². The summed E-state index contributed by atoms with van der Waals surface area (Å²) >= 11 is 0. The molecule has 0 fully saturated rings. The van der Waals surface area contributed by atoms with Crippen LogP contribution in [-0.4, -0.2) is 37.2 Å². The molecule has 0 aromatic rings. The fourth-order valence-electron chi connectivity index (χ4n) is 6.73. The lowest BCUT2D eigenvalue weighted by Gasteiger charge is -2.18. The van der Waals surface area contributed by atoms with Gasteiger partial charge in [-0.15, -0.1) is 0 Å². The van der Waals surface area contributed by atoms with Gasteiger partial charge in [-0.05, 0) is 96.3 Å². The summed E-state index contributed by atoms with van der Waals surface area (Å²) in [7, 11) is 0. The maximum Gasteiger partial charge on any atom is 0.306 e. The third-order valence-electron chi connectivity index (χ3n) is 10.5. The van der Waals surface area contributed by atoms with Crippen molar-refractivity contribution >= 4 is 17.9 Å². The minimum absolute atomic E-state index is 0.0855. The predicted molar refractivity (Wildman–Crippen MR) is 251 cm³/mol. The minimum atomic E-state index is -0.785. The standard InChI is InChI=1S/C53H92O6/c1-4-7-10-13-16-19-22-24-26-28-31-33-36-39-42-45-51(54)57-48-50(59-53(56)47-44-41-38-35-30-21-18-15-12-9-6-3)49-58-52(55)46-43-40-37-34-32-29-27-25-23-20-17-14-11-8-5-2/h7,10,15-16,18-20,23-24,26,50H,4-6,8-9,11-14,17,21-22,25,27-49H2,1-3H3/b10-7-,18-15-,19-16-,23-20-,26-24-/t50-/m1/s1. The Kier molecular flexibility index (Phi) is 45.4. The van der Waals surface area contributed by atoms with E-state index in [1.807, 2.05) is 0 Å². The Bertz CT molecular complexity index is 1090. The zero-order chi connectivity index (χ0) is 43.0. The molecule has 0 aromatic heterocycles. The zero-order valence-corrected chi connectivity index (χ0v) is 38.8. The average molecular weight is 825 g/mol. The second-order valence-corrected chi connectivity index (χ2v) is 16.3. The number of rotatable bonds is 44. The summed E-state index contributed by atoms with van der Waals surface area (Å²) in [5.74, 6) is -0.916. The molecule has 0 rings (SSSR count). The van der Waals surface area contributed by atoms with Crippen LogP contribution >= 0.6 is 0 Å². The molecule has 0 aliphatic heterocycles. The molecule has 0 unspecified atom stereocenters. The Morgan fingerprint density at radius 1 is 0.356 bits per heavy atom. The summed E-state index contributed by atoms with van der Waals surface area (Å²) in [6.45, 7) is 6.45.